The van der Waals surface area contributed by atoms with E-state index in [2.05, 4.69) is 47.6 Å². The molecule has 0 saturated heterocycles. The van der Waals surface area contributed by atoms with Crippen molar-refractivity contribution in [3.63, 3.8) is 0 Å². The summed E-state index contributed by atoms with van der Waals surface area (Å²) in [6.07, 6.45) is 1.77. The molecule has 180 valence electrons. The maximum Gasteiger partial charge on any atom is 0.259 e. The summed E-state index contributed by atoms with van der Waals surface area (Å²) in [6, 6.07) is 12.1. The fraction of sp³-hybridized carbons (Fsp3) is 0.519. The average Bonchev–Trinajstić information content (AvgIpc) is 2.75. The summed E-state index contributed by atoms with van der Waals surface area (Å²) in [6.45, 7) is 12.4. The average molecular weight is 474 g/mol. The van der Waals surface area contributed by atoms with Gasteiger partial charge in [-0.15, -0.1) is 0 Å². The van der Waals surface area contributed by atoms with Gasteiger partial charge in [-0.05, 0) is 77.2 Å². The van der Waals surface area contributed by atoms with Crippen molar-refractivity contribution in [1.82, 2.24) is 0 Å². The van der Waals surface area contributed by atoms with Gasteiger partial charge in [-0.25, -0.2) is 8.78 Å². The maximum atomic E-state index is 15.1. The van der Waals surface area contributed by atoms with Crippen LogP contribution in [0.1, 0.15) is 64.7 Å². The number of aryl methyl sites for hydroxylation is 1. The van der Waals surface area contributed by atoms with Crippen molar-refractivity contribution in [1.29, 1.82) is 5.26 Å². The molecule has 0 amide bonds. The molecule has 0 aliphatic rings. The van der Waals surface area contributed by atoms with Crippen LogP contribution in [0.15, 0.2) is 36.4 Å². The van der Waals surface area contributed by atoms with E-state index in [1.54, 1.807) is 12.1 Å². The lowest BCUT2D eigenvalue weighted by molar-refractivity contribution is 0.218. The fourth-order valence-corrected chi connectivity index (χ4v) is 10.3. The van der Waals surface area contributed by atoms with E-state index >= 15 is 8.78 Å². The van der Waals surface area contributed by atoms with Crippen LogP contribution in [-0.2, 0) is 12.8 Å². The van der Waals surface area contributed by atoms with Crippen molar-refractivity contribution in [2.45, 2.75) is 77.4 Å². The molecule has 0 aliphatic heterocycles. The largest absolute Gasteiger partial charge is 0.539 e. The van der Waals surface area contributed by atoms with E-state index in [-0.39, 0.29) is 34.9 Å². The van der Waals surface area contributed by atoms with E-state index in [0.717, 1.165) is 5.56 Å². The number of nitrogens with zero attached hydrogens (tertiary/aromatic N) is 1. The van der Waals surface area contributed by atoms with E-state index in [4.69, 9.17) is 9.69 Å². The van der Waals surface area contributed by atoms with Gasteiger partial charge in [0.25, 0.3) is 8.32 Å². The van der Waals surface area contributed by atoms with Crippen LogP contribution in [-0.4, -0.2) is 20.0 Å². The van der Waals surface area contributed by atoms with E-state index in [1.165, 1.54) is 12.1 Å². The van der Waals surface area contributed by atoms with Gasteiger partial charge >= 0.3 is 0 Å². The molecule has 0 aromatic heterocycles. The Balaban J connectivity index is 2.18. The molecular weight excluding hydrogens is 436 g/mol. The minimum atomic E-state index is -2.48. The summed E-state index contributed by atoms with van der Waals surface area (Å²) in [5, 5.41) is 18.7. The zero-order valence-electron chi connectivity index (χ0n) is 20.7. The molecule has 33 heavy (non-hydrogen) atoms. The van der Waals surface area contributed by atoms with E-state index in [0.29, 0.717) is 30.4 Å². The van der Waals surface area contributed by atoms with Crippen LogP contribution < -0.4 is 4.43 Å². The van der Waals surface area contributed by atoms with E-state index < -0.39 is 20.0 Å². The molecule has 0 spiro atoms. The number of aliphatic hydroxyl groups is 1. The molecular formula is C27H37F2NO2Si. The highest BCUT2D eigenvalue weighted by Crippen LogP contribution is 2.44. The van der Waals surface area contributed by atoms with Gasteiger partial charge in [0.2, 0.25) is 0 Å². The highest BCUT2D eigenvalue weighted by atomic mass is 28.4. The molecule has 3 nitrogen and oxygen atoms in total. The van der Waals surface area contributed by atoms with Crippen LogP contribution in [0.5, 0.6) is 5.75 Å². The second kappa shape index (κ2) is 11.8. The Morgan fingerprint density at radius 2 is 1.42 bits per heavy atom. The van der Waals surface area contributed by atoms with Gasteiger partial charge < -0.3 is 9.53 Å². The van der Waals surface area contributed by atoms with Crippen molar-refractivity contribution < 1.29 is 18.3 Å². The molecule has 1 N–H and O–H groups in total. The maximum absolute atomic E-state index is 15.1. The first-order valence-corrected chi connectivity index (χ1v) is 14.0. The summed E-state index contributed by atoms with van der Waals surface area (Å²) in [5.74, 6) is -1.73. The van der Waals surface area contributed by atoms with Gasteiger partial charge in [-0.2, -0.15) is 5.26 Å². The third-order valence-electron chi connectivity index (χ3n) is 6.75. The molecule has 0 heterocycles. The lowest BCUT2D eigenvalue weighted by Gasteiger charge is -2.42. The summed E-state index contributed by atoms with van der Waals surface area (Å²) < 4.78 is 36.4. The SMILES string of the molecule is CC(C)[Si](Oc1c(F)cc(CC(CO)CCc2ccc(C#N)cc2)cc1F)(C(C)C)C(C)C. The zero-order valence-corrected chi connectivity index (χ0v) is 21.7. The predicted octanol–water partition coefficient (Wildman–Crippen LogP) is 7.17. The molecule has 2 aromatic rings. The smallest absolute Gasteiger partial charge is 0.259 e. The number of benzene rings is 2. The quantitative estimate of drug-likeness (QED) is 0.352. The van der Waals surface area contributed by atoms with E-state index in [9.17, 15) is 5.11 Å². The number of halogens is 2. The number of nitriles is 1. The fourth-order valence-electron chi connectivity index (χ4n) is 5.07. The molecule has 1 atom stereocenters. The van der Waals surface area contributed by atoms with Crippen molar-refractivity contribution in [2.24, 2.45) is 5.92 Å². The molecule has 2 rings (SSSR count). The van der Waals surface area contributed by atoms with Gasteiger partial charge in [0, 0.05) is 6.61 Å². The summed E-state index contributed by atoms with van der Waals surface area (Å²) in [5.41, 5.74) is 2.80. The Hall–Kier alpha value is -2.23. The van der Waals surface area contributed by atoms with Crippen molar-refractivity contribution >= 4 is 8.32 Å². The first-order valence-electron chi connectivity index (χ1n) is 11.8. The molecule has 0 radical (unpaired) electrons. The van der Waals surface area contributed by atoms with Crippen LogP contribution in [0.3, 0.4) is 0 Å². The Morgan fingerprint density at radius 1 is 0.909 bits per heavy atom. The predicted molar refractivity (Wildman–Crippen MR) is 132 cm³/mol. The molecule has 0 bridgehead atoms. The third-order valence-corrected chi connectivity index (χ3v) is 12.7. The topological polar surface area (TPSA) is 53.2 Å². The summed E-state index contributed by atoms with van der Waals surface area (Å²) in [4.78, 5) is 0. The standard InChI is InChI=1S/C27H37F2NO2Si/c1-18(2)33(19(3)4,20(5)6)32-27-25(28)14-24(15-26(27)29)13-23(17-31)12-9-21-7-10-22(16-30)11-8-21/h7-8,10-11,14-15,18-20,23,31H,9,12-13,17H2,1-6H3. The van der Waals surface area contributed by atoms with Crippen LogP contribution >= 0.6 is 0 Å². The third kappa shape index (κ3) is 6.42. The highest BCUT2D eigenvalue weighted by Gasteiger charge is 2.47. The van der Waals surface area contributed by atoms with Crippen LogP contribution in [0.2, 0.25) is 16.6 Å². The highest BCUT2D eigenvalue weighted by molar-refractivity contribution is 6.78. The molecule has 0 aliphatic carbocycles. The first kappa shape index (κ1) is 27.0. The molecule has 6 heteroatoms. The van der Waals surface area contributed by atoms with Crippen molar-refractivity contribution in [3.8, 4) is 11.8 Å². The first-order chi connectivity index (χ1) is 15.5. The normalized spacial score (nSPS) is 12.9. The van der Waals surface area contributed by atoms with Crippen molar-refractivity contribution in [3.05, 3.63) is 64.7 Å². The molecule has 2 aromatic carbocycles. The monoisotopic (exact) mass is 473 g/mol. The molecule has 0 fully saturated rings. The number of aliphatic hydroxyl groups excluding tert-OH is 1. The Bertz CT molecular complexity index is 907. The molecule has 0 saturated carbocycles. The van der Waals surface area contributed by atoms with Gasteiger partial charge in [-0.3, -0.25) is 0 Å². The van der Waals surface area contributed by atoms with Crippen LogP contribution in [0.25, 0.3) is 0 Å². The summed E-state index contributed by atoms with van der Waals surface area (Å²) in [7, 11) is -2.48. The lowest BCUT2D eigenvalue weighted by Crippen LogP contribution is -2.51. The minimum Gasteiger partial charge on any atom is -0.539 e. The lowest BCUT2D eigenvalue weighted by atomic mass is 9.93. The van der Waals surface area contributed by atoms with Gasteiger partial charge in [-0.1, -0.05) is 53.7 Å². The Labute approximate surface area is 198 Å². The van der Waals surface area contributed by atoms with Crippen LogP contribution in [0, 0.1) is 28.9 Å². The zero-order chi connectivity index (χ0) is 24.8. The summed E-state index contributed by atoms with van der Waals surface area (Å²) >= 11 is 0. The number of hydrogen-bond acceptors (Lipinski definition) is 3. The van der Waals surface area contributed by atoms with Gasteiger partial charge in [0.1, 0.15) is 0 Å². The minimum absolute atomic E-state index is 0.0676. The van der Waals surface area contributed by atoms with Gasteiger partial charge in [0.15, 0.2) is 17.4 Å². The number of hydrogen-bond donors (Lipinski definition) is 1. The van der Waals surface area contributed by atoms with Gasteiger partial charge in [0.05, 0.1) is 11.6 Å². The number of rotatable bonds is 11. The van der Waals surface area contributed by atoms with E-state index in [1.807, 2.05) is 12.1 Å². The second-order valence-corrected chi connectivity index (χ2v) is 15.3. The second-order valence-electron chi connectivity index (χ2n) is 9.91. The Morgan fingerprint density at radius 3 is 1.85 bits per heavy atom. The Kier molecular flexibility index (Phi) is 9.63. The van der Waals surface area contributed by atoms with Crippen LogP contribution in [0.4, 0.5) is 8.78 Å². The van der Waals surface area contributed by atoms with Crippen molar-refractivity contribution in [2.75, 3.05) is 6.61 Å². The molecule has 1 unspecified atom stereocenters.